The molecule has 2 unspecified atom stereocenters. The van der Waals surface area contributed by atoms with Crippen LogP contribution in [0.1, 0.15) is 30.8 Å². The zero-order valence-electron chi connectivity index (χ0n) is 7.88. The summed E-state index contributed by atoms with van der Waals surface area (Å²) in [5.74, 6) is 0. The third-order valence-corrected chi connectivity index (χ3v) is 2.66. The van der Waals surface area contributed by atoms with Crippen LogP contribution < -0.4 is 11.1 Å². The van der Waals surface area contributed by atoms with E-state index in [-0.39, 0.29) is 0 Å². The van der Waals surface area contributed by atoms with E-state index in [2.05, 4.69) is 22.2 Å². The van der Waals surface area contributed by atoms with Crippen LogP contribution in [0.4, 0.5) is 0 Å². The highest BCUT2D eigenvalue weighted by atomic mass is 15.0. The van der Waals surface area contributed by atoms with Gasteiger partial charge in [0.05, 0.1) is 18.1 Å². The van der Waals surface area contributed by atoms with Gasteiger partial charge in [0.1, 0.15) is 0 Å². The maximum Gasteiger partial charge on any atom is 0.0925 e. The van der Waals surface area contributed by atoms with Gasteiger partial charge in [-0.2, -0.15) is 0 Å². The van der Waals surface area contributed by atoms with E-state index in [0.29, 0.717) is 18.6 Å². The molecule has 4 nitrogen and oxygen atoms in total. The highest BCUT2D eigenvalue weighted by Gasteiger charge is 2.25. The van der Waals surface area contributed by atoms with E-state index >= 15 is 0 Å². The van der Waals surface area contributed by atoms with Gasteiger partial charge in [-0.05, 0) is 6.42 Å². The lowest BCUT2D eigenvalue weighted by Crippen LogP contribution is -2.43. The van der Waals surface area contributed by atoms with Crippen molar-refractivity contribution in [2.45, 2.75) is 31.8 Å². The Morgan fingerprint density at radius 3 is 3.23 bits per heavy atom. The van der Waals surface area contributed by atoms with E-state index in [4.69, 9.17) is 5.73 Å². The Balaban J connectivity index is 2.25. The van der Waals surface area contributed by atoms with Crippen LogP contribution in [0.3, 0.4) is 0 Å². The molecule has 0 saturated carbocycles. The topological polar surface area (TPSA) is 66.7 Å². The van der Waals surface area contributed by atoms with E-state index in [0.717, 1.165) is 12.8 Å². The molecular weight excluding hydrogens is 164 g/mol. The summed E-state index contributed by atoms with van der Waals surface area (Å²) in [4.78, 5) is 7.50. The number of aromatic nitrogens is 2. The molecule has 4 N–H and O–H groups in total. The number of rotatable bonds is 2. The number of hydrogen-bond acceptors (Lipinski definition) is 3. The molecule has 13 heavy (non-hydrogen) atoms. The van der Waals surface area contributed by atoms with Crippen molar-refractivity contribution in [2.75, 3.05) is 6.54 Å². The number of aromatic amines is 1. The fourth-order valence-corrected chi connectivity index (χ4v) is 1.93. The summed E-state index contributed by atoms with van der Waals surface area (Å²) in [5.41, 5.74) is 8.07. The molecule has 2 atom stereocenters. The molecule has 0 aromatic carbocycles. The van der Waals surface area contributed by atoms with Crippen LogP contribution in [0.5, 0.6) is 0 Å². The molecule has 0 bridgehead atoms. The first-order valence-corrected chi connectivity index (χ1v) is 4.83. The highest BCUT2D eigenvalue weighted by Crippen LogP contribution is 2.23. The summed E-state index contributed by atoms with van der Waals surface area (Å²) in [6, 6.07) is 0.779. The summed E-state index contributed by atoms with van der Waals surface area (Å²) in [6.45, 7) is 2.85. The van der Waals surface area contributed by atoms with Crippen molar-refractivity contribution in [3.63, 3.8) is 0 Å². The van der Waals surface area contributed by atoms with Gasteiger partial charge in [-0.1, -0.05) is 6.92 Å². The van der Waals surface area contributed by atoms with Crippen LogP contribution in [-0.4, -0.2) is 22.6 Å². The van der Waals surface area contributed by atoms with Crippen LogP contribution in [0.25, 0.3) is 0 Å². The van der Waals surface area contributed by atoms with Gasteiger partial charge in [0.25, 0.3) is 0 Å². The number of nitrogens with one attached hydrogen (secondary N) is 2. The maximum absolute atomic E-state index is 5.65. The third kappa shape index (κ3) is 1.47. The number of H-pyrrole nitrogens is 1. The van der Waals surface area contributed by atoms with Gasteiger partial charge in [0.15, 0.2) is 0 Å². The first kappa shape index (κ1) is 8.72. The fourth-order valence-electron chi connectivity index (χ4n) is 1.93. The zero-order valence-corrected chi connectivity index (χ0v) is 7.88. The minimum Gasteiger partial charge on any atom is -0.348 e. The van der Waals surface area contributed by atoms with Crippen molar-refractivity contribution < 1.29 is 0 Å². The molecule has 4 heteroatoms. The summed E-state index contributed by atoms with van der Waals surface area (Å²) in [7, 11) is 0. The monoisotopic (exact) mass is 180 g/mol. The predicted octanol–water partition coefficient (Wildman–Crippen LogP) is 0.334. The minimum atomic E-state index is 0.378. The van der Waals surface area contributed by atoms with Gasteiger partial charge < -0.3 is 16.0 Å². The second-order valence-electron chi connectivity index (χ2n) is 3.53. The Labute approximate surface area is 77.9 Å². The number of fused-ring (bicyclic) bond motifs is 1. The van der Waals surface area contributed by atoms with Crippen molar-refractivity contribution in [1.29, 1.82) is 0 Å². The van der Waals surface area contributed by atoms with Crippen LogP contribution in [0.15, 0.2) is 6.33 Å². The van der Waals surface area contributed by atoms with E-state index in [1.807, 2.05) is 0 Å². The average Bonchev–Trinajstić information content (AvgIpc) is 2.63. The van der Waals surface area contributed by atoms with Gasteiger partial charge in [0, 0.05) is 24.7 Å². The molecule has 1 aromatic heterocycles. The number of nitrogens with zero attached hydrogens (tertiary/aromatic N) is 1. The molecule has 0 saturated heterocycles. The Morgan fingerprint density at radius 2 is 2.54 bits per heavy atom. The van der Waals surface area contributed by atoms with Crippen LogP contribution >= 0.6 is 0 Å². The molecule has 2 rings (SSSR count). The maximum atomic E-state index is 5.65. The number of imidazole rings is 1. The van der Waals surface area contributed by atoms with Gasteiger partial charge in [0.2, 0.25) is 0 Å². The molecule has 2 heterocycles. The molecule has 0 aliphatic carbocycles. The molecule has 0 amide bonds. The highest BCUT2D eigenvalue weighted by molar-refractivity contribution is 5.20. The summed E-state index contributed by atoms with van der Waals surface area (Å²) < 4.78 is 0. The minimum absolute atomic E-state index is 0.378. The second-order valence-corrected chi connectivity index (χ2v) is 3.53. The van der Waals surface area contributed by atoms with Crippen LogP contribution in [0.2, 0.25) is 0 Å². The van der Waals surface area contributed by atoms with Crippen molar-refractivity contribution >= 4 is 0 Å². The summed E-state index contributed by atoms with van der Waals surface area (Å²) >= 11 is 0. The second kappa shape index (κ2) is 3.47. The van der Waals surface area contributed by atoms with Crippen molar-refractivity contribution in [3.05, 3.63) is 17.7 Å². The van der Waals surface area contributed by atoms with Gasteiger partial charge in [-0.15, -0.1) is 0 Å². The largest absolute Gasteiger partial charge is 0.348 e. The van der Waals surface area contributed by atoms with Crippen molar-refractivity contribution in [3.8, 4) is 0 Å². The zero-order chi connectivity index (χ0) is 9.26. The molecule has 1 aliphatic rings. The molecule has 0 spiro atoms. The predicted molar refractivity (Wildman–Crippen MR) is 51.3 cm³/mol. The molecule has 0 radical (unpaired) electrons. The van der Waals surface area contributed by atoms with E-state index in [1.165, 1.54) is 11.4 Å². The van der Waals surface area contributed by atoms with E-state index < -0.39 is 0 Å². The number of nitrogens with two attached hydrogens (primary N) is 1. The van der Waals surface area contributed by atoms with Gasteiger partial charge in [-0.3, -0.25) is 0 Å². The first-order chi connectivity index (χ1) is 6.35. The van der Waals surface area contributed by atoms with Crippen LogP contribution in [-0.2, 0) is 6.42 Å². The van der Waals surface area contributed by atoms with Crippen LogP contribution in [0, 0.1) is 0 Å². The Kier molecular flexibility index (Phi) is 2.33. The quantitative estimate of drug-likeness (QED) is 0.614. The third-order valence-electron chi connectivity index (χ3n) is 2.66. The smallest absolute Gasteiger partial charge is 0.0925 e. The van der Waals surface area contributed by atoms with E-state index in [9.17, 15) is 0 Å². The molecular formula is C9H16N4. The lowest BCUT2D eigenvalue weighted by molar-refractivity contribution is 0.391. The standard InChI is InChI=1S/C9H16N4/c1-2-7-9-8(11-5-12-9)3-6(4-10)13-7/h5-7,13H,2-4,10H2,1H3,(H,11,12). The Bertz CT molecular complexity index is 281. The lowest BCUT2D eigenvalue weighted by atomic mass is 9.98. The fraction of sp³-hybridized carbons (Fsp3) is 0.667. The Hall–Kier alpha value is -0.870. The lowest BCUT2D eigenvalue weighted by Gasteiger charge is -2.28. The van der Waals surface area contributed by atoms with E-state index in [1.54, 1.807) is 6.33 Å². The summed E-state index contributed by atoms with van der Waals surface area (Å²) in [5, 5.41) is 3.49. The van der Waals surface area contributed by atoms with Gasteiger partial charge in [-0.25, -0.2) is 4.98 Å². The van der Waals surface area contributed by atoms with Crippen molar-refractivity contribution in [2.24, 2.45) is 5.73 Å². The normalized spacial score (nSPS) is 27.2. The Morgan fingerprint density at radius 1 is 1.69 bits per heavy atom. The SMILES string of the molecule is CCC1NC(CN)Cc2[nH]cnc21. The van der Waals surface area contributed by atoms with Gasteiger partial charge >= 0.3 is 0 Å². The summed E-state index contributed by atoms with van der Waals surface area (Å²) in [6.07, 6.45) is 3.81. The number of hydrogen-bond donors (Lipinski definition) is 3. The first-order valence-electron chi connectivity index (χ1n) is 4.83. The molecule has 1 aliphatic heterocycles. The molecule has 0 fully saturated rings. The average molecular weight is 180 g/mol. The molecule has 72 valence electrons. The molecule has 1 aromatic rings. The van der Waals surface area contributed by atoms with Crippen molar-refractivity contribution in [1.82, 2.24) is 15.3 Å².